The fourth-order valence-corrected chi connectivity index (χ4v) is 3.38. The average Bonchev–Trinajstić information content (AvgIpc) is 3.12. The summed E-state index contributed by atoms with van der Waals surface area (Å²) in [6, 6.07) is 22.4. The average molecular weight is 308 g/mol. The summed E-state index contributed by atoms with van der Waals surface area (Å²) in [6.45, 7) is 4.67. The largest absolute Gasteiger partial charge is 0.313 e. The first-order valence-electron chi connectivity index (χ1n) is 8.94. The van der Waals surface area contributed by atoms with Crippen molar-refractivity contribution in [2.24, 2.45) is 0 Å². The van der Waals surface area contributed by atoms with E-state index in [0.717, 1.165) is 25.9 Å². The van der Waals surface area contributed by atoms with Crippen molar-refractivity contribution in [1.82, 2.24) is 10.2 Å². The van der Waals surface area contributed by atoms with E-state index in [1.54, 1.807) is 0 Å². The molecular formula is C21H28N2. The van der Waals surface area contributed by atoms with Gasteiger partial charge in [-0.3, -0.25) is 0 Å². The lowest BCUT2D eigenvalue weighted by Gasteiger charge is -2.26. The van der Waals surface area contributed by atoms with Crippen LogP contribution in [0.3, 0.4) is 0 Å². The van der Waals surface area contributed by atoms with Crippen LogP contribution < -0.4 is 5.32 Å². The van der Waals surface area contributed by atoms with Crippen molar-refractivity contribution in [3.8, 4) is 0 Å². The van der Waals surface area contributed by atoms with Crippen molar-refractivity contribution >= 4 is 0 Å². The Kier molecular flexibility index (Phi) is 6.25. The highest BCUT2D eigenvalue weighted by Crippen LogP contribution is 2.10. The molecule has 0 spiro atoms. The third-order valence-corrected chi connectivity index (χ3v) is 4.76. The Morgan fingerprint density at radius 1 is 0.826 bits per heavy atom. The highest BCUT2D eigenvalue weighted by Gasteiger charge is 2.17. The van der Waals surface area contributed by atoms with Crippen LogP contribution in [-0.4, -0.2) is 37.1 Å². The van der Waals surface area contributed by atoms with Crippen LogP contribution in [0.5, 0.6) is 0 Å². The number of rotatable bonds is 8. The molecule has 3 rings (SSSR count). The maximum absolute atomic E-state index is 3.64. The Bertz CT molecular complexity index is 503. The van der Waals surface area contributed by atoms with Gasteiger partial charge in [-0.05, 0) is 43.4 Å². The van der Waals surface area contributed by atoms with Crippen LogP contribution in [0.2, 0.25) is 0 Å². The molecule has 122 valence electrons. The standard InChI is InChI=1S/C21H28N2/c1-3-8-19(9-4-1)13-16-23(18-21-12-7-15-22-21)17-14-20-10-5-2-6-11-20/h1-6,8-11,21-22H,7,12-18H2. The fourth-order valence-electron chi connectivity index (χ4n) is 3.38. The van der Waals surface area contributed by atoms with E-state index in [4.69, 9.17) is 0 Å². The van der Waals surface area contributed by atoms with E-state index in [1.807, 2.05) is 0 Å². The minimum absolute atomic E-state index is 0.682. The van der Waals surface area contributed by atoms with Gasteiger partial charge in [0.2, 0.25) is 0 Å². The van der Waals surface area contributed by atoms with Crippen LogP contribution in [0.15, 0.2) is 60.7 Å². The second-order valence-electron chi connectivity index (χ2n) is 6.57. The Morgan fingerprint density at radius 3 is 1.87 bits per heavy atom. The summed E-state index contributed by atoms with van der Waals surface area (Å²) in [4.78, 5) is 2.64. The first-order valence-corrected chi connectivity index (χ1v) is 8.94. The molecule has 2 aromatic rings. The third-order valence-electron chi connectivity index (χ3n) is 4.76. The third kappa shape index (κ3) is 5.49. The maximum atomic E-state index is 3.64. The van der Waals surface area contributed by atoms with Crippen LogP contribution in [0.4, 0.5) is 0 Å². The van der Waals surface area contributed by atoms with Crippen molar-refractivity contribution in [1.29, 1.82) is 0 Å². The molecule has 1 fully saturated rings. The van der Waals surface area contributed by atoms with Gasteiger partial charge in [-0.25, -0.2) is 0 Å². The molecule has 0 aliphatic carbocycles. The number of hydrogen-bond acceptors (Lipinski definition) is 2. The molecule has 1 heterocycles. The van der Waals surface area contributed by atoms with Gasteiger partial charge < -0.3 is 10.2 Å². The Hall–Kier alpha value is -1.64. The molecule has 1 aliphatic rings. The molecule has 1 unspecified atom stereocenters. The van der Waals surface area contributed by atoms with Gasteiger partial charge in [-0.2, -0.15) is 0 Å². The Morgan fingerprint density at radius 2 is 1.39 bits per heavy atom. The van der Waals surface area contributed by atoms with Crippen molar-refractivity contribution < 1.29 is 0 Å². The topological polar surface area (TPSA) is 15.3 Å². The van der Waals surface area contributed by atoms with Crippen molar-refractivity contribution in [3.63, 3.8) is 0 Å². The minimum Gasteiger partial charge on any atom is -0.313 e. The second kappa shape index (κ2) is 8.85. The summed E-state index contributed by atoms with van der Waals surface area (Å²) in [5.74, 6) is 0. The number of nitrogens with zero attached hydrogens (tertiary/aromatic N) is 1. The zero-order valence-electron chi connectivity index (χ0n) is 14.0. The van der Waals surface area contributed by atoms with E-state index < -0.39 is 0 Å². The second-order valence-corrected chi connectivity index (χ2v) is 6.57. The first kappa shape index (κ1) is 16.2. The van der Waals surface area contributed by atoms with E-state index in [9.17, 15) is 0 Å². The van der Waals surface area contributed by atoms with E-state index >= 15 is 0 Å². The van der Waals surface area contributed by atoms with Gasteiger partial charge >= 0.3 is 0 Å². The number of benzene rings is 2. The smallest absolute Gasteiger partial charge is 0.0195 e. The van der Waals surface area contributed by atoms with Crippen LogP contribution in [0.1, 0.15) is 24.0 Å². The lowest BCUT2D eigenvalue weighted by Crippen LogP contribution is -2.39. The molecule has 0 saturated carbocycles. The molecule has 1 N–H and O–H groups in total. The zero-order valence-corrected chi connectivity index (χ0v) is 14.0. The zero-order chi connectivity index (χ0) is 15.7. The predicted molar refractivity (Wildman–Crippen MR) is 97.8 cm³/mol. The molecule has 0 amide bonds. The molecule has 2 aromatic carbocycles. The lowest BCUT2D eigenvalue weighted by molar-refractivity contribution is 0.254. The van der Waals surface area contributed by atoms with Crippen LogP contribution in [0, 0.1) is 0 Å². The Balaban J connectivity index is 1.54. The highest BCUT2D eigenvalue weighted by molar-refractivity contribution is 5.16. The monoisotopic (exact) mass is 308 g/mol. The van der Waals surface area contributed by atoms with Gasteiger partial charge in [0.15, 0.2) is 0 Å². The van der Waals surface area contributed by atoms with Crippen LogP contribution >= 0.6 is 0 Å². The van der Waals surface area contributed by atoms with Gasteiger partial charge in [0.1, 0.15) is 0 Å². The van der Waals surface area contributed by atoms with Gasteiger partial charge in [-0.15, -0.1) is 0 Å². The molecule has 1 aliphatic heterocycles. The summed E-state index contributed by atoms with van der Waals surface area (Å²) in [5, 5.41) is 3.64. The van der Waals surface area contributed by atoms with Crippen molar-refractivity contribution in [3.05, 3.63) is 71.8 Å². The maximum Gasteiger partial charge on any atom is 0.0195 e. The van der Waals surface area contributed by atoms with E-state index in [1.165, 1.54) is 37.1 Å². The molecular weight excluding hydrogens is 280 g/mol. The van der Waals surface area contributed by atoms with Crippen molar-refractivity contribution in [2.75, 3.05) is 26.2 Å². The molecule has 2 nitrogen and oxygen atoms in total. The highest BCUT2D eigenvalue weighted by atomic mass is 15.1. The van der Waals surface area contributed by atoms with Crippen molar-refractivity contribution in [2.45, 2.75) is 31.7 Å². The fraction of sp³-hybridized carbons (Fsp3) is 0.429. The summed E-state index contributed by atoms with van der Waals surface area (Å²) >= 11 is 0. The van der Waals surface area contributed by atoms with E-state index in [0.29, 0.717) is 6.04 Å². The number of nitrogens with one attached hydrogen (secondary N) is 1. The molecule has 0 aromatic heterocycles. The Labute approximate surface area is 140 Å². The molecule has 1 saturated heterocycles. The minimum atomic E-state index is 0.682. The van der Waals surface area contributed by atoms with Gasteiger partial charge in [-0.1, -0.05) is 60.7 Å². The molecule has 0 bridgehead atoms. The van der Waals surface area contributed by atoms with Crippen LogP contribution in [-0.2, 0) is 12.8 Å². The van der Waals surface area contributed by atoms with Gasteiger partial charge in [0.05, 0.1) is 0 Å². The van der Waals surface area contributed by atoms with Crippen LogP contribution in [0.25, 0.3) is 0 Å². The summed E-state index contributed by atoms with van der Waals surface area (Å²) < 4.78 is 0. The lowest BCUT2D eigenvalue weighted by atomic mass is 10.1. The van der Waals surface area contributed by atoms with Gasteiger partial charge in [0, 0.05) is 25.7 Å². The SMILES string of the molecule is c1ccc(CCN(CCc2ccccc2)CC2CCCN2)cc1. The van der Waals surface area contributed by atoms with E-state index in [-0.39, 0.29) is 0 Å². The van der Waals surface area contributed by atoms with Gasteiger partial charge in [0.25, 0.3) is 0 Å². The number of hydrogen-bond donors (Lipinski definition) is 1. The predicted octanol–water partition coefficient (Wildman–Crippen LogP) is 3.53. The molecule has 23 heavy (non-hydrogen) atoms. The molecule has 1 atom stereocenters. The summed E-state index contributed by atoms with van der Waals surface area (Å²) in [7, 11) is 0. The summed E-state index contributed by atoms with van der Waals surface area (Å²) in [5.41, 5.74) is 2.88. The van der Waals surface area contributed by atoms with E-state index in [2.05, 4.69) is 70.9 Å². The first-order chi connectivity index (χ1) is 11.4. The quantitative estimate of drug-likeness (QED) is 0.802. The summed E-state index contributed by atoms with van der Waals surface area (Å²) in [6.07, 6.45) is 4.94. The molecule has 0 radical (unpaired) electrons. The normalized spacial score (nSPS) is 17.7. The molecule has 2 heteroatoms.